The minimum atomic E-state index is -0.0925. The van der Waals surface area contributed by atoms with Crippen molar-refractivity contribution < 1.29 is 14.3 Å². The Bertz CT molecular complexity index is 873. The first-order valence-electron chi connectivity index (χ1n) is 12.6. The number of benzene rings is 1. The van der Waals surface area contributed by atoms with Crippen molar-refractivity contribution in [1.82, 2.24) is 14.4 Å². The topological polar surface area (TPSA) is 54.8 Å². The molecule has 6 nitrogen and oxygen atoms in total. The summed E-state index contributed by atoms with van der Waals surface area (Å²) in [7, 11) is 3.60. The number of methoxy groups -OCH3 is 1. The molecule has 2 amide bonds. The van der Waals surface area contributed by atoms with Gasteiger partial charge in [-0.1, -0.05) is 52.2 Å². The molecule has 0 radical (unpaired) electrons. The lowest BCUT2D eigenvalue weighted by Crippen LogP contribution is -2.45. The van der Waals surface area contributed by atoms with Gasteiger partial charge in [-0.15, -0.1) is 0 Å². The van der Waals surface area contributed by atoms with Gasteiger partial charge in [0.15, 0.2) is 0 Å². The summed E-state index contributed by atoms with van der Waals surface area (Å²) < 4.78 is 7.24. The van der Waals surface area contributed by atoms with Crippen LogP contribution in [0.4, 0.5) is 0 Å². The van der Waals surface area contributed by atoms with E-state index in [9.17, 15) is 9.59 Å². The van der Waals surface area contributed by atoms with Crippen molar-refractivity contribution in [3.8, 4) is 0 Å². The van der Waals surface area contributed by atoms with Gasteiger partial charge in [-0.05, 0) is 48.6 Å². The lowest BCUT2D eigenvalue weighted by Gasteiger charge is -2.29. The smallest absolute Gasteiger partial charge is 0.254 e. The number of aryl methyl sites for hydroxylation is 2. The first-order chi connectivity index (χ1) is 16.3. The van der Waals surface area contributed by atoms with Gasteiger partial charge < -0.3 is 19.1 Å². The Morgan fingerprint density at radius 3 is 2.35 bits per heavy atom. The molecule has 0 aliphatic carbocycles. The van der Waals surface area contributed by atoms with Crippen molar-refractivity contribution in [2.24, 2.45) is 13.0 Å². The summed E-state index contributed by atoms with van der Waals surface area (Å²) in [5, 5.41) is 0. The van der Waals surface area contributed by atoms with E-state index in [1.807, 2.05) is 42.1 Å². The molecule has 34 heavy (non-hydrogen) atoms. The van der Waals surface area contributed by atoms with Gasteiger partial charge >= 0.3 is 0 Å². The Morgan fingerprint density at radius 2 is 1.76 bits per heavy atom. The van der Waals surface area contributed by atoms with E-state index in [0.29, 0.717) is 31.8 Å². The molecular formula is C28H43N3O3. The zero-order valence-corrected chi connectivity index (χ0v) is 21.8. The van der Waals surface area contributed by atoms with Crippen LogP contribution in [0.1, 0.15) is 68.1 Å². The van der Waals surface area contributed by atoms with Crippen LogP contribution in [0.3, 0.4) is 0 Å². The molecule has 0 saturated heterocycles. The van der Waals surface area contributed by atoms with Crippen LogP contribution in [0.15, 0.2) is 42.6 Å². The molecule has 2 rings (SSSR count). The van der Waals surface area contributed by atoms with E-state index in [1.54, 1.807) is 16.9 Å². The monoisotopic (exact) mass is 469 g/mol. The van der Waals surface area contributed by atoms with Crippen LogP contribution in [0.5, 0.6) is 0 Å². The SMILES string of the molecule is CCCCCCc1ccc(C(=O)N(CC(=O)N(CCOC)Cc2cccn2C)CC(C)C)cc1. The summed E-state index contributed by atoms with van der Waals surface area (Å²) in [6, 6.07) is 11.9. The minimum absolute atomic E-state index is 0.0594. The highest BCUT2D eigenvalue weighted by Crippen LogP contribution is 2.14. The Balaban J connectivity index is 2.09. The molecule has 188 valence electrons. The van der Waals surface area contributed by atoms with Crippen molar-refractivity contribution in [1.29, 1.82) is 0 Å². The van der Waals surface area contributed by atoms with Gasteiger partial charge in [-0.25, -0.2) is 0 Å². The molecule has 1 aromatic heterocycles. The van der Waals surface area contributed by atoms with Crippen molar-refractivity contribution in [3.63, 3.8) is 0 Å². The van der Waals surface area contributed by atoms with Gasteiger partial charge in [-0.3, -0.25) is 9.59 Å². The highest BCUT2D eigenvalue weighted by molar-refractivity contribution is 5.96. The Kier molecular flexibility index (Phi) is 11.9. The number of aromatic nitrogens is 1. The summed E-state index contributed by atoms with van der Waals surface area (Å²) in [5.41, 5.74) is 2.93. The highest BCUT2D eigenvalue weighted by Gasteiger charge is 2.23. The maximum absolute atomic E-state index is 13.4. The molecule has 1 heterocycles. The largest absolute Gasteiger partial charge is 0.383 e. The molecule has 0 unspecified atom stereocenters. The number of ether oxygens (including phenoxy) is 1. The maximum Gasteiger partial charge on any atom is 0.254 e. The molecule has 0 atom stereocenters. The third-order valence-electron chi connectivity index (χ3n) is 6.04. The van der Waals surface area contributed by atoms with Gasteiger partial charge in [0.2, 0.25) is 5.91 Å². The molecule has 1 aromatic carbocycles. The standard InChI is InChI=1S/C28H43N3O3/c1-6-7-8-9-11-24-13-15-25(16-14-24)28(33)31(20-23(2)3)22-27(32)30(18-19-34-5)21-26-12-10-17-29(26)4/h10,12-17,23H,6-9,11,18-22H2,1-5H3. The van der Waals surface area contributed by atoms with Gasteiger partial charge in [0.05, 0.1) is 13.2 Å². The summed E-state index contributed by atoms with van der Waals surface area (Å²) >= 11 is 0. The molecule has 0 bridgehead atoms. The van der Waals surface area contributed by atoms with Crippen LogP contribution in [0.2, 0.25) is 0 Å². The van der Waals surface area contributed by atoms with E-state index >= 15 is 0 Å². The Hall–Kier alpha value is -2.60. The van der Waals surface area contributed by atoms with Crippen molar-refractivity contribution in [3.05, 3.63) is 59.4 Å². The quantitative estimate of drug-likeness (QED) is 0.348. The van der Waals surface area contributed by atoms with Crippen LogP contribution in [-0.2, 0) is 29.5 Å². The summed E-state index contributed by atoms with van der Waals surface area (Å²) in [6.07, 6.45) is 7.91. The van der Waals surface area contributed by atoms with E-state index in [0.717, 1.165) is 12.1 Å². The van der Waals surface area contributed by atoms with Crippen molar-refractivity contribution in [2.45, 2.75) is 59.4 Å². The lowest BCUT2D eigenvalue weighted by molar-refractivity contribution is -0.133. The third kappa shape index (κ3) is 8.98. The minimum Gasteiger partial charge on any atom is -0.383 e. The number of carbonyl (C=O) groups excluding carboxylic acids is 2. The molecule has 0 fully saturated rings. The zero-order valence-electron chi connectivity index (χ0n) is 21.8. The molecule has 0 saturated carbocycles. The second-order valence-electron chi connectivity index (χ2n) is 9.51. The average molecular weight is 470 g/mol. The fourth-order valence-corrected chi connectivity index (χ4v) is 4.03. The average Bonchev–Trinajstić information content (AvgIpc) is 3.22. The molecule has 0 aliphatic rings. The zero-order chi connectivity index (χ0) is 24.9. The predicted octanol–water partition coefficient (Wildman–Crippen LogP) is 4.92. The van der Waals surface area contributed by atoms with E-state index in [-0.39, 0.29) is 24.3 Å². The van der Waals surface area contributed by atoms with Crippen LogP contribution in [0.25, 0.3) is 0 Å². The number of hydrogen-bond donors (Lipinski definition) is 0. The molecule has 0 spiro atoms. The number of carbonyl (C=O) groups is 2. The molecule has 2 aromatic rings. The predicted molar refractivity (Wildman–Crippen MR) is 138 cm³/mol. The van der Waals surface area contributed by atoms with Crippen LogP contribution >= 0.6 is 0 Å². The lowest BCUT2D eigenvalue weighted by atomic mass is 10.0. The van der Waals surface area contributed by atoms with E-state index in [4.69, 9.17) is 4.74 Å². The number of hydrogen-bond acceptors (Lipinski definition) is 3. The molecule has 0 aliphatic heterocycles. The number of unbranched alkanes of at least 4 members (excludes halogenated alkanes) is 3. The number of nitrogens with zero attached hydrogens (tertiary/aromatic N) is 3. The molecule has 6 heteroatoms. The van der Waals surface area contributed by atoms with Crippen molar-refractivity contribution >= 4 is 11.8 Å². The van der Waals surface area contributed by atoms with Gasteiger partial charge in [0.25, 0.3) is 5.91 Å². The normalized spacial score (nSPS) is 11.1. The summed E-state index contributed by atoms with van der Waals surface area (Å²) in [5.74, 6) is 0.0971. The molecule has 0 N–H and O–H groups in total. The fourth-order valence-electron chi connectivity index (χ4n) is 4.03. The first-order valence-corrected chi connectivity index (χ1v) is 12.6. The number of rotatable bonds is 15. The fraction of sp³-hybridized carbons (Fsp3) is 0.571. The van der Waals surface area contributed by atoms with E-state index < -0.39 is 0 Å². The van der Waals surface area contributed by atoms with E-state index in [1.165, 1.54) is 31.2 Å². The van der Waals surface area contributed by atoms with E-state index in [2.05, 4.69) is 32.9 Å². The van der Waals surface area contributed by atoms with Crippen LogP contribution in [0, 0.1) is 5.92 Å². The van der Waals surface area contributed by atoms with Crippen molar-refractivity contribution in [2.75, 3.05) is 33.4 Å². The van der Waals surface area contributed by atoms with Gasteiger partial charge in [0.1, 0.15) is 6.54 Å². The third-order valence-corrected chi connectivity index (χ3v) is 6.04. The Morgan fingerprint density at radius 1 is 1.03 bits per heavy atom. The van der Waals surface area contributed by atoms with Gasteiger partial charge in [-0.2, -0.15) is 0 Å². The summed E-state index contributed by atoms with van der Waals surface area (Å²) in [4.78, 5) is 30.1. The van der Waals surface area contributed by atoms with Crippen LogP contribution < -0.4 is 0 Å². The second kappa shape index (κ2) is 14.6. The maximum atomic E-state index is 13.4. The van der Waals surface area contributed by atoms with Crippen LogP contribution in [-0.4, -0.2) is 59.5 Å². The Labute approximate surface area is 205 Å². The molecular weight excluding hydrogens is 426 g/mol. The highest BCUT2D eigenvalue weighted by atomic mass is 16.5. The first kappa shape index (κ1) is 27.6. The second-order valence-corrected chi connectivity index (χ2v) is 9.51. The van der Waals surface area contributed by atoms with Gasteiger partial charge in [0, 0.05) is 44.7 Å². The number of amides is 2. The summed E-state index contributed by atoms with van der Waals surface area (Å²) in [6.45, 7) is 8.36.